The molecular weight excluding hydrogens is 130 g/mol. The second-order valence-electron chi connectivity index (χ2n) is 2.64. The Morgan fingerprint density at radius 1 is 1.56 bits per heavy atom. The van der Waals surface area contributed by atoms with Crippen LogP contribution in [0, 0.1) is 0 Å². The zero-order chi connectivity index (χ0) is 7.33. The first kappa shape index (κ1) is 9.14. The summed E-state index contributed by atoms with van der Waals surface area (Å²) in [5.74, 6) is 0. The molecule has 0 aliphatic rings. The molecule has 0 spiro atoms. The third-order valence-corrected chi connectivity index (χ3v) is 1.63. The Labute approximate surface area is 60.5 Å². The van der Waals surface area contributed by atoms with Gasteiger partial charge in [0.1, 0.15) is 0 Å². The predicted octanol–water partition coefficient (Wildman–Crippen LogP) is 0.475. The molecule has 3 heteroatoms. The Bertz CT molecular complexity index is 75.5. The molecule has 0 saturated heterocycles. The summed E-state index contributed by atoms with van der Waals surface area (Å²) in [4.78, 5) is 0. The van der Waals surface area contributed by atoms with Crippen LogP contribution < -0.4 is 5.32 Å². The van der Waals surface area contributed by atoms with Crippen molar-refractivity contribution in [2.24, 2.45) is 0 Å². The number of hydrogen-bond acceptors (Lipinski definition) is 2. The van der Waals surface area contributed by atoms with Gasteiger partial charge in [-0.05, 0) is 20.4 Å². The van der Waals surface area contributed by atoms with E-state index in [1.165, 1.54) is 0 Å². The minimum atomic E-state index is -0.104. The Balaban J connectivity index is 3.33. The molecule has 1 N–H and O–H groups in total. The summed E-state index contributed by atoms with van der Waals surface area (Å²) in [5, 5.41) is 3.18. The molecule has 0 bridgehead atoms. The van der Waals surface area contributed by atoms with Crippen molar-refractivity contribution < 1.29 is 4.43 Å². The average molecular weight is 144 g/mol. The van der Waals surface area contributed by atoms with Gasteiger partial charge in [0.15, 0.2) is 0 Å². The zero-order valence-electron chi connectivity index (χ0n) is 6.32. The number of nitrogens with one attached hydrogen (secondary N) is 1. The molecule has 3 radical (unpaired) electrons. The Kier molecular flexibility index (Phi) is 4.09. The summed E-state index contributed by atoms with van der Waals surface area (Å²) in [5.41, 5.74) is -0.104. The van der Waals surface area contributed by atoms with Crippen molar-refractivity contribution in [1.82, 2.24) is 5.32 Å². The van der Waals surface area contributed by atoms with Crippen molar-refractivity contribution in [3.63, 3.8) is 0 Å². The second-order valence-corrected chi connectivity index (χ2v) is 2.85. The first-order valence-electron chi connectivity index (χ1n) is 3.18. The van der Waals surface area contributed by atoms with Crippen molar-refractivity contribution in [3.05, 3.63) is 0 Å². The molecule has 2 nitrogen and oxygen atoms in total. The van der Waals surface area contributed by atoms with Gasteiger partial charge in [0.2, 0.25) is 10.5 Å². The normalized spacial score (nSPS) is 12.0. The molecule has 0 aromatic carbocycles. The van der Waals surface area contributed by atoms with Gasteiger partial charge < -0.3 is 9.74 Å². The van der Waals surface area contributed by atoms with Crippen LogP contribution in [0.2, 0.25) is 0 Å². The van der Waals surface area contributed by atoms with Gasteiger partial charge >= 0.3 is 0 Å². The third kappa shape index (κ3) is 4.63. The fourth-order valence-electron chi connectivity index (χ4n) is 0.462. The molecule has 0 saturated carbocycles. The van der Waals surface area contributed by atoms with Gasteiger partial charge in [0.05, 0.1) is 5.60 Å². The molecule has 0 aromatic heterocycles. The van der Waals surface area contributed by atoms with E-state index >= 15 is 0 Å². The summed E-state index contributed by atoms with van der Waals surface area (Å²) in [6, 6.07) is 0. The van der Waals surface area contributed by atoms with E-state index in [0.29, 0.717) is 0 Å². The molecular formula is C6H14NOSi. The number of hydrogen-bond donors (Lipinski definition) is 1. The lowest BCUT2D eigenvalue weighted by Gasteiger charge is -2.22. The van der Waals surface area contributed by atoms with E-state index < -0.39 is 0 Å². The van der Waals surface area contributed by atoms with Gasteiger partial charge in [-0.25, -0.2) is 0 Å². The highest BCUT2D eigenvalue weighted by Crippen LogP contribution is 2.03. The van der Waals surface area contributed by atoms with Gasteiger partial charge in [0.25, 0.3) is 0 Å². The Morgan fingerprint density at radius 2 is 2.11 bits per heavy atom. The highest BCUT2D eigenvalue weighted by molar-refractivity contribution is 5.98. The van der Waals surface area contributed by atoms with Crippen LogP contribution in [0.1, 0.15) is 20.8 Å². The van der Waals surface area contributed by atoms with Crippen molar-refractivity contribution >= 4 is 10.5 Å². The predicted molar refractivity (Wildman–Crippen MR) is 39.5 cm³/mol. The van der Waals surface area contributed by atoms with E-state index in [2.05, 4.69) is 22.7 Å². The summed E-state index contributed by atoms with van der Waals surface area (Å²) in [7, 11) is 3.01. The van der Waals surface area contributed by atoms with E-state index in [9.17, 15) is 0 Å². The number of likely N-dealkylation sites (N-methyl/N-ethyl adjacent to an activating group) is 1. The monoisotopic (exact) mass is 144 g/mol. The Hall–Kier alpha value is 0.137. The van der Waals surface area contributed by atoms with Crippen LogP contribution in [0.3, 0.4) is 0 Å². The highest BCUT2D eigenvalue weighted by Gasteiger charge is 2.13. The molecule has 0 heterocycles. The summed E-state index contributed by atoms with van der Waals surface area (Å²) in [6.07, 6.45) is 0. The zero-order valence-corrected chi connectivity index (χ0v) is 7.32. The van der Waals surface area contributed by atoms with E-state index in [-0.39, 0.29) is 5.60 Å². The van der Waals surface area contributed by atoms with Crippen LogP contribution in [0.15, 0.2) is 0 Å². The van der Waals surface area contributed by atoms with Crippen LogP contribution in [0.4, 0.5) is 0 Å². The molecule has 0 atom stereocenters. The first-order chi connectivity index (χ1) is 4.12. The number of rotatable bonds is 4. The lowest BCUT2D eigenvalue weighted by Crippen LogP contribution is -2.36. The maximum atomic E-state index is 4.98. The largest absolute Gasteiger partial charge is 0.412 e. The second kappa shape index (κ2) is 4.03. The molecule has 53 valence electrons. The SMILES string of the molecule is CCNCC(C)(C)O[Si]. The van der Waals surface area contributed by atoms with Crippen LogP contribution in [0.25, 0.3) is 0 Å². The van der Waals surface area contributed by atoms with Crippen molar-refractivity contribution in [1.29, 1.82) is 0 Å². The van der Waals surface area contributed by atoms with Crippen LogP contribution >= 0.6 is 0 Å². The van der Waals surface area contributed by atoms with Crippen molar-refractivity contribution in [2.75, 3.05) is 13.1 Å². The molecule has 0 amide bonds. The van der Waals surface area contributed by atoms with Crippen LogP contribution in [-0.2, 0) is 4.43 Å². The summed E-state index contributed by atoms with van der Waals surface area (Å²) < 4.78 is 4.98. The molecule has 0 rings (SSSR count). The smallest absolute Gasteiger partial charge is 0.247 e. The van der Waals surface area contributed by atoms with Gasteiger partial charge in [-0.1, -0.05) is 6.92 Å². The molecule has 9 heavy (non-hydrogen) atoms. The van der Waals surface area contributed by atoms with E-state index in [1.54, 1.807) is 0 Å². The molecule has 0 unspecified atom stereocenters. The van der Waals surface area contributed by atoms with Crippen molar-refractivity contribution in [2.45, 2.75) is 26.4 Å². The lowest BCUT2D eigenvalue weighted by atomic mass is 10.1. The minimum absolute atomic E-state index is 0.104. The fraction of sp³-hybridized carbons (Fsp3) is 1.00. The van der Waals surface area contributed by atoms with Crippen LogP contribution in [-0.4, -0.2) is 29.2 Å². The summed E-state index contributed by atoms with van der Waals surface area (Å²) >= 11 is 0. The fourth-order valence-corrected chi connectivity index (χ4v) is 0.534. The average Bonchev–Trinajstić information content (AvgIpc) is 1.84. The maximum absolute atomic E-state index is 4.98. The van der Waals surface area contributed by atoms with E-state index in [1.807, 2.05) is 13.8 Å². The highest BCUT2D eigenvalue weighted by atomic mass is 28.2. The van der Waals surface area contributed by atoms with E-state index in [4.69, 9.17) is 4.43 Å². The van der Waals surface area contributed by atoms with Gasteiger partial charge in [0, 0.05) is 6.54 Å². The quantitative estimate of drug-likeness (QED) is 0.579. The Morgan fingerprint density at radius 3 is 2.44 bits per heavy atom. The van der Waals surface area contributed by atoms with Crippen LogP contribution in [0.5, 0.6) is 0 Å². The van der Waals surface area contributed by atoms with Gasteiger partial charge in [-0.2, -0.15) is 0 Å². The molecule has 0 aliphatic heterocycles. The molecule has 0 aromatic rings. The standard InChI is InChI=1S/C6H14NOSi/c1-4-7-5-6(2,3)8-9/h7H,4-5H2,1-3H3. The molecule has 0 fully saturated rings. The molecule has 0 aliphatic carbocycles. The van der Waals surface area contributed by atoms with E-state index in [0.717, 1.165) is 13.1 Å². The topological polar surface area (TPSA) is 21.3 Å². The van der Waals surface area contributed by atoms with Gasteiger partial charge in [-0.15, -0.1) is 0 Å². The summed E-state index contributed by atoms with van der Waals surface area (Å²) in [6.45, 7) is 7.96. The maximum Gasteiger partial charge on any atom is 0.247 e. The van der Waals surface area contributed by atoms with Gasteiger partial charge in [-0.3, -0.25) is 0 Å². The third-order valence-electron chi connectivity index (χ3n) is 1.08. The van der Waals surface area contributed by atoms with Crippen molar-refractivity contribution in [3.8, 4) is 0 Å². The lowest BCUT2D eigenvalue weighted by molar-refractivity contribution is 0.122. The first-order valence-corrected chi connectivity index (χ1v) is 3.58. The minimum Gasteiger partial charge on any atom is -0.412 e.